The van der Waals surface area contributed by atoms with Crippen molar-refractivity contribution in [3.63, 3.8) is 0 Å². The van der Waals surface area contributed by atoms with Gasteiger partial charge in [0.2, 0.25) is 0 Å². The Labute approximate surface area is 114 Å². The van der Waals surface area contributed by atoms with Crippen LogP contribution in [0.2, 0.25) is 5.02 Å². The molecule has 1 saturated carbocycles. The Hall–Kier alpha value is -0.730. The minimum absolute atomic E-state index is 0.273. The Morgan fingerprint density at radius 2 is 2.17 bits per heavy atom. The smallest absolute Gasteiger partial charge is 0.0426 e. The van der Waals surface area contributed by atoms with Gasteiger partial charge >= 0.3 is 0 Å². The number of hydrogen-bond acceptors (Lipinski definition) is 2. The summed E-state index contributed by atoms with van der Waals surface area (Å²) < 4.78 is 0. The largest absolute Gasteiger partial charge is 0.366 e. The maximum atomic E-state index is 6.12. The molecule has 3 heteroatoms. The molecule has 2 nitrogen and oxygen atoms in total. The SMILES string of the molecule is CC1CNC(C)(C2CC2)CN1c1cccc(Cl)c1. The molecule has 1 aliphatic carbocycles. The summed E-state index contributed by atoms with van der Waals surface area (Å²) in [7, 11) is 0. The van der Waals surface area contributed by atoms with Gasteiger partial charge in [-0.2, -0.15) is 0 Å². The summed E-state index contributed by atoms with van der Waals surface area (Å²) in [5.74, 6) is 0.853. The van der Waals surface area contributed by atoms with Crippen molar-refractivity contribution in [1.82, 2.24) is 5.32 Å². The molecule has 18 heavy (non-hydrogen) atoms. The molecule has 1 N–H and O–H groups in total. The van der Waals surface area contributed by atoms with Crippen LogP contribution in [-0.2, 0) is 0 Å². The van der Waals surface area contributed by atoms with E-state index in [2.05, 4.69) is 36.2 Å². The van der Waals surface area contributed by atoms with E-state index >= 15 is 0 Å². The van der Waals surface area contributed by atoms with E-state index in [-0.39, 0.29) is 5.54 Å². The standard InChI is InChI=1S/C15H21ClN2/c1-11-9-17-15(2,12-6-7-12)10-18(11)14-5-3-4-13(16)8-14/h3-5,8,11-12,17H,6-7,9-10H2,1-2H3. The molecular formula is C15H21ClN2. The Morgan fingerprint density at radius 3 is 2.83 bits per heavy atom. The molecule has 3 rings (SSSR count). The van der Waals surface area contributed by atoms with Gasteiger partial charge < -0.3 is 10.2 Å². The molecule has 1 heterocycles. The highest BCUT2D eigenvalue weighted by atomic mass is 35.5. The van der Waals surface area contributed by atoms with E-state index < -0.39 is 0 Å². The molecule has 0 spiro atoms. The van der Waals surface area contributed by atoms with Gasteiger partial charge in [-0.15, -0.1) is 0 Å². The minimum atomic E-state index is 0.273. The summed E-state index contributed by atoms with van der Waals surface area (Å²) in [4.78, 5) is 2.50. The number of nitrogens with one attached hydrogen (secondary N) is 1. The van der Waals surface area contributed by atoms with Gasteiger partial charge in [0.15, 0.2) is 0 Å². The molecule has 0 radical (unpaired) electrons. The van der Waals surface area contributed by atoms with Crippen molar-refractivity contribution in [3.8, 4) is 0 Å². The zero-order valence-corrected chi connectivity index (χ0v) is 11.9. The van der Waals surface area contributed by atoms with Crippen molar-refractivity contribution < 1.29 is 0 Å². The van der Waals surface area contributed by atoms with Crippen LogP contribution in [0.5, 0.6) is 0 Å². The molecule has 2 aliphatic rings. The Bertz CT molecular complexity index is 444. The van der Waals surface area contributed by atoms with Crippen molar-refractivity contribution in [2.75, 3.05) is 18.0 Å². The molecule has 0 aromatic heterocycles. The number of rotatable bonds is 2. The van der Waals surface area contributed by atoms with E-state index in [1.807, 2.05) is 12.1 Å². The van der Waals surface area contributed by atoms with Crippen LogP contribution in [0.3, 0.4) is 0 Å². The van der Waals surface area contributed by atoms with E-state index in [1.165, 1.54) is 18.5 Å². The molecule has 2 fully saturated rings. The quantitative estimate of drug-likeness (QED) is 0.882. The second kappa shape index (κ2) is 4.43. The molecular weight excluding hydrogens is 244 g/mol. The summed E-state index contributed by atoms with van der Waals surface area (Å²) in [5.41, 5.74) is 1.53. The van der Waals surface area contributed by atoms with Gasteiger partial charge in [0.25, 0.3) is 0 Å². The van der Waals surface area contributed by atoms with Crippen LogP contribution in [0, 0.1) is 5.92 Å². The predicted octanol–water partition coefficient (Wildman–Crippen LogP) is 3.31. The van der Waals surface area contributed by atoms with Crippen molar-refractivity contribution in [2.24, 2.45) is 5.92 Å². The number of hydrogen-bond donors (Lipinski definition) is 1. The van der Waals surface area contributed by atoms with Crippen molar-refractivity contribution in [1.29, 1.82) is 0 Å². The van der Waals surface area contributed by atoms with E-state index in [4.69, 9.17) is 11.6 Å². The van der Waals surface area contributed by atoms with Crippen LogP contribution in [0.15, 0.2) is 24.3 Å². The van der Waals surface area contributed by atoms with Crippen LogP contribution in [0.1, 0.15) is 26.7 Å². The molecule has 1 aromatic carbocycles. The monoisotopic (exact) mass is 264 g/mol. The fourth-order valence-electron chi connectivity index (χ4n) is 3.05. The number of nitrogens with zero attached hydrogens (tertiary/aromatic N) is 1. The highest BCUT2D eigenvalue weighted by Gasteiger charge is 2.45. The van der Waals surface area contributed by atoms with Crippen molar-refractivity contribution in [3.05, 3.63) is 29.3 Å². The number of halogens is 1. The number of benzene rings is 1. The highest BCUT2D eigenvalue weighted by Crippen LogP contribution is 2.42. The molecule has 1 saturated heterocycles. The molecule has 2 unspecified atom stereocenters. The Kier molecular flexibility index (Phi) is 3.03. The zero-order chi connectivity index (χ0) is 12.8. The molecule has 1 aromatic rings. The first-order valence-corrected chi connectivity index (χ1v) is 7.23. The lowest BCUT2D eigenvalue weighted by atomic mass is 9.91. The van der Waals surface area contributed by atoms with E-state index in [0.717, 1.165) is 24.0 Å². The second-order valence-corrected chi connectivity index (χ2v) is 6.47. The van der Waals surface area contributed by atoms with Gasteiger partial charge in [0.1, 0.15) is 0 Å². The molecule has 98 valence electrons. The summed E-state index contributed by atoms with van der Waals surface area (Å²) in [6.45, 7) is 6.78. The lowest BCUT2D eigenvalue weighted by Gasteiger charge is -2.47. The van der Waals surface area contributed by atoms with Crippen LogP contribution < -0.4 is 10.2 Å². The van der Waals surface area contributed by atoms with Gasteiger partial charge in [0.05, 0.1) is 0 Å². The summed E-state index contributed by atoms with van der Waals surface area (Å²) in [5, 5.41) is 4.57. The number of piperazine rings is 1. The van der Waals surface area contributed by atoms with E-state index in [0.29, 0.717) is 6.04 Å². The molecule has 2 atom stereocenters. The van der Waals surface area contributed by atoms with Crippen LogP contribution in [-0.4, -0.2) is 24.7 Å². The Balaban J connectivity index is 1.85. The lowest BCUT2D eigenvalue weighted by Crippen LogP contribution is -2.63. The normalized spacial score (nSPS) is 32.6. The number of anilines is 1. The average molecular weight is 265 g/mol. The van der Waals surface area contributed by atoms with Gasteiger partial charge in [-0.1, -0.05) is 17.7 Å². The zero-order valence-electron chi connectivity index (χ0n) is 11.1. The first-order chi connectivity index (χ1) is 8.58. The van der Waals surface area contributed by atoms with Gasteiger partial charge in [-0.05, 0) is 50.8 Å². The fraction of sp³-hybridized carbons (Fsp3) is 0.600. The van der Waals surface area contributed by atoms with Gasteiger partial charge in [-0.25, -0.2) is 0 Å². The van der Waals surface area contributed by atoms with E-state index in [1.54, 1.807) is 0 Å². The predicted molar refractivity (Wildman–Crippen MR) is 77.4 cm³/mol. The molecule has 0 amide bonds. The minimum Gasteiger partial charge on any atom is -0.366 e. The summed E-state index contributed by atoms with van der Waals surface area (Å²) in [6, 6.07) is 8.76. The van der Waals surface area contributed by atoms with Crippen molar-refractivity contribution in [2.45, 2.75) is 38.3 Å². The second-order valence-electron chi connectivity index (χ2n) is 6.03. The van der Waals surface area contributed by atoms with Crippen LogP contribution >= 0.6 is 11.6 Å². The third-order valence-corrected chi connectivity index (χ3v) is 4.69. The maximum absolute atomic E-state index is 6.12. The summed E-state index contributed by atoms with van der Waals surface area (Å²) in [6.07, 6.45) is 2.75. The third kappa shape index (κ3) is 2.24. The van der Waals surface area contributed by atoms with Crippen molar-refractivity contribution >= 4 is 17.3 Å². The fourth-order valence-corrected chi connectivity index (χ4v) is 3.24. The van der Waals surface area contributed by atoms with Gasteiger partial charge in [-0.3, -0.25) is 0 Å². The van der Waals surface area contributed by atoms with Crippen LogP contribution in [0.25, 0.3) is 0 Å². The molecule has 1 aliphatic heterocycles. The van der Waals surface area contributed by atoms with Crippen LogP contribution in [0.4, 0.5) is 5.69 Å². The maximum Gasteiger partial charge on any atom is 0.0426 e. The first-order valence-electron chi connectivity index (χ1n) is 6.86. The third-order valence-electron chi connectivity index (χ3n) is 4.45. The van der Waals surface area contributed by atoms with Gasteiger partial charge in [0, 0.05) is 35.4 Å². The van der Waals surface area contributed by atoms with E-state index in [9.17, 15) is 0 Å². The molecule has 0 bridgehead atoms. The highest BCUT2D eigenvalue weighted by molar-refractivity contribution is 6.30. The average Bonchev–Trinajstić information content (AvgIpc) is 3.17. The lowest BCUT2D eigenvalue weighted by molar-refractivity contribution is 0.261. The topological polar surface area (TPSA) is 15.3 Å². The first kappa shape index (κ1) is 12.3. The summed E-state index contributed by atoms with van der Waals surface area (Å²) >= 11 is 6.12. The Morgan fingerprint density at radius 1 is 1.39 bits per heavy atom.